The van der Waals surface area contributed by atoms with Gasteiger partial charge in [-0.15, -0.1) is 11.6 Å². The van der Waals surface area contributed by atoms with Crippen molar-refractivity contribution in [2.24, 2.45) is 0 Å². The first-order valence-corrected chi connectivity index (χ1v) is 9.30. The predicted molar refractivity (Wildman–Crippen MR) is 86.5 cm³/mol. The minimum atomic E-state index is -3.46. The van der Waals surface area contributed by atoms with E-state index in [1.54, 1.807) is 18.2 Å². The Labute approximate surface area is 133 Å². The van der Waals surface area contributed by atoms with Crippen molar-refractivity contribution in [3.63, 3.8) is 0 Å². The molecule has 1 aromatic rings. The van der Waals surface area contributed by atoms with E-state index in [4.69, 9.17) is 16.3 Å². The van der Waals surface area contributed by atoms with E-state index in [0.29, 0.717) is 31.0 Å². The fourth-order valence-corrected chi connectivity index (χ4v) is 3.82. The molecule has 0 spiro atoms. The summed E-state index contributed by atoms with van der Waals surface area (Å²) in [5, 5.41) is 0. The third-order valence-electron chi connectivity index (χ3n) is 3.10. The first kappa shape index (κ1) is 18.3. The molecule has 120 valence electrons. The Morgan fingerprint density at radius 3 is 2.43 bits per heavy atom. The van der Waals surface area contributed by atoms with E-state index < -0.39 is 10.0 Å². The third-order valence-corrected chi connectivity index (χ3v) is 5.36. The summed E-state index contributed by atoms with van der Waals surface area (Å²) < 4.78 is 32.2. The van der Waals surface area contributed by atoms with Crippen LogP contribution in [0, 0.1) is 0 Å². The molecule has 0 fully saturated rings. The van der Waals surface area contributed by atoms with Crippen LogP contribution >= 0.6 is 11.6 Å². The zero-order chi connectivity index (χ0) is 15.9. The van der Waals surface area contributed by atoms with Gasteiger partial charge in [0.2, 0.25) is 10.0 Å². The van der Waals surface area contributed by atoms with Crippen LogP contribution < -0.4 is 4.74 Å². The van der Waals surface area contributed by atoms with Gasteiger partial charge < -0.3 is 4.74 Å². The second-order valence-electron chi connectivity index (χ2n) is 4.75. The van der Waals surface area contributed by atoms with Gasteiger partial charge in [-0.1, -0.05) is 20.8 Å². The van der Waals surface area contributed by atoms with Gasteiger partial charge in [-0.2, -0.15) is 4.31 Å². The van der Waals surface area contributed by atoms with Crippen molar-refractivity contribution in [3.8, 4) is 5.75 Å². The van der Waals surface area contributed by atoms with Crippen molar-refractivity contribution in [3.05, 3.63) is 23.8 Å². The lowest BCUT2D eigenvalue weighted by atomic mass is 10.2. The van der Waals surface area contributed by atoms with E-state index in [1.807, 2.05) is 20.8 Å². The molecule has 1 rings (SSSR count). The Kier molecular flexibility index (Phi) is 7.49. The van der Waals surface area contributed by atoms with Crippen molar-refractivity contribution in [1.82, 2.24) is 4.31 Å². The number of benzene rings is 1. The maximum Gasteiger partial charge on any atom is 0.243 e. The smallest absolute Gasteiger partial charge is 0.243 e. The van der Waals surface area contributed by atoms with Crippen LogP contribution in [0.25, 0.3) is 0 Å². The van der Waals surface area contributed by atoms with Crippen molar-refractivity contribution < 1.29 is 13.2 Å². The molecular formula is C15H24ClNO3S. The lowest BCUT2D eigenvalue weighted by molar-refractivity contribution is 0.315. The lowest BCUT2D eigenvalue weighted by Crippen LogP contribution is -2.31. The summed E-state index contributed by atoms with van der Waals surface area (Å²) in [6.45, 7) is 7.39. The summed E-state index contributed by atoms with van der Waals surface area (Å²) in [4.78, 5) is 0.275. The predicted octanol–water partition coefficient (Wildman–Crippen LogP) is 3.63. The van der Waals surface area contributed by atoms with Crippen LogP contribution in [0.15, 0.2) is 23.1 Å². The van der Waals surface area contributed by atoms with Crippen LogP contribution in [0.5, 0.6) is 5.75 Å². The highest BCUT2D eigenvalue weighted by Crippen LogP contribution is 2.26. The van der Waals surface area contributed by atoms with E-state index in [-0.39, 0.29) is 10.8 Å². The molecule has 21 heavy (non-hydrogen) atoms. The second-order valence-corrected chi connectivity index (χ2v) is 6.95. The maximum absolute atomic E-state index is 12.6. The summed E-state index contributed by atoms with van der Waals surface area (Å²) in [5.74, 6) is 0.881. The molecule has 0 saturated carbocycles. The minimum Gasteiger partial charge on any atom is -0.493 e. The minimum absolute atomic E-state index is 0.225. The normalized spacial score (nSPS) is 11.9. The molecule has 0 amide bonds. The van der Waals surface area contributed by atoms with Crippen LogP contribution in [0.2, 0.25) is 0 Å². The van der Waals surface area contributed by atoms with Gasteiger partial charge in [0.05, 0.1) is 17.4 Å². The number of rotatable bonds is 9. The summed E-state index contributed by atoms with van der Waals surface area (Å²) in [7, 11) is -3.46. The topological polar surface area (TPSA) is 46.6 Å². The molecule has 4 nitrogen and oxygen atoms in total. The largest absolute Gasteiger partial charge is 0.493 e. The standard InChI is InChI=1S/C15H24ClNO3S/c1-4-9-17(6-3)21(18,19)14-7-8-15(20-10-5-2)13(11-14)12-16/h7-8,11H,4-6,9-10,12H2,1-3H3. The summed E-state index contributed by atoms with van der Waals surface area (Å²) in [6.07, 6.45) is 1.68. The highest BCUT2D eigenvalue weighted by molar-refractivity contribution is 7.89. The highest BCUT2D eigenvalue weighted by atomic mass is 35.5. The highest BCUT2D eigenvalue weighted by Gasteiger charge is 2.23. The van der Waals surface area contributed by atoms with Crippen molar-refractivity contribution in [2.75, 3.05) is 19.7 Å². The average Bonchev–Trinajstić information content (AvgIpc) is 2.49. The van der Waals surface area contributed by atoms with E-state index >= 15 is 0 Å². The van der Waals surface area contributed by atoms with Crippen LogP contribution in [0.3, 0.4) is 0 Å². The number of halogens is 1. The van der Waals surface area contributed by atoms with Crippen LogP contribution in [-0.4, -0.2) is 32.4 Å². The van der Waals surface area contributed by atoms with Crippen molar-refractivity contribution in [2.45, 2.75) is 44.4 Å². The summed E-state index contributed by atoms with van der Waals surface area (Å²) in [6, 6.07) is 4.90. The van der Waals surface area contributed by atoms with E-state index in [1.165, 1.54) is 4.31 Å². The monoisotopic (exact) mass is 333 g/mol. The molecule has 0 atom stereocenters. The van der Waals surface area contributed by atoms with Gasteiger partial charge in [-0.05, 0) is 31.0 Å². The Hall–Kier alpha value is -0.780. The Morgan fingerprint density at radius 2 is 1.90 bits per heavy atom. The van der Waals surface area contributed by atoms with Crippen LogP contribution in [0.4, 0.5) is 0 Å². The van der Waals surface area contributed by atoms with E-state index in [2.05, 4.69) is 0 Å². The quantitative estimate of drug-likeness (QED) is 0.648. The Balaban J connectivity index is 3.13. The van der Waals surface area contributed by atoms with Gasteiger partial charge in [0, 0.05) is 18.7 Å². The number of nitrogens with zero attached hydrogens (tertiary/aromatic N) is 1. The molecule has 0 bridgehead atoms. The fraction of sp³-hybridized carbons (Fsp3) is 0.600. The first-order chi connectivity index (χ1) is 10.0. The molecule has 0 heterocycles. The third kappa shape index (κ3) is 4.59. The van der Waals surface area contributed by atoms with Gasteiger partial charge in [0.25, 0.3) is 0 Å². The average molecular weight is 334 g/mol. The Bertz CT molecular complexity index is 546. The summed E-state index contributed by atoms with van der Waals surface area (Å²) >= 11 is 5.92. The fourth-order valence-electron chi connectivity index (χ4n) is 2.02. The Morgan fingerprint density at radius 1 is 1.19 bits per heavy atom. The molecule has 0 unspecified atom stereocenters. The molecule has 0 N–H and O–H groups in total. The van der Waals surface area contributed by atoms with Crippen molar-refractivity contribution in [1.29, 1.82) is 0 Å². The zero-order valence-corrected chi connectivity index (χ0v) is 14.5. The molecular weight excluding hydrogens is 310 g/mol. The SMILES string of the molecule is CCCOc1ccc(S(=O)(=O)N(CC)CCC)cc1CCl. The number of ether oxygens (including phenoxy) is 1. The van der Waals surface area contributed by atoms with Gasteiger partial charge in [-0.3, -0.25) is 0 Å². The zero-order valence-electron chi connectivity index (χ0n) is 12.9. The van der Waals surface area contributed by atoms with Crippen molar-refractivity contribution >= 4 is 21.6 Å². The van der Waals surface area contributed by atoms with Gasteiger partial charge in [0.1, 0.15) is 5.75 Å². The van der Waals surface area contributed by atoms with E-state index in [0.717, 1.165) is 12.8 Å². The molecule has 0 aliphatic rings. The molecule has 0 aliphatic heterocycles. The van der Waals surface area contributed by atoms with Crippen LogP contribution in [0.1, 0.15) is 39.2 Å². The molecule has 0 radical (unpaired) electrons. The number of hydrogen-bond donors (Lipinski definition) is 0. The second kappa shape index (κ2) is 8.61. The van der Waals surface area contributed by atoms with E-state index in [9.17, 15) is 8.42 Å². The van der Waals surface area contributed by atoms with Gasteiger partial charge in [0.15, 0.2) is 0 Å². The number of alkyl halides is 1. The molecule has 0 aliphatic carbocycles. The van der Waals surface area contributed by atoms with Gasteiger partial charge in [-0.25, -0.2) is 8.42 Å². The maximum atomic E-state index is 12.6. The molecule has 6 heteroatoms. The molecule has 1 aromatic carbocycles. The number of sulfonamides is 1. The van der Waals surface area contributed by atoms with Gasteiger partial charge >= 0.3 is 0 Å². The molecule has 0 aromatic heterocycles. The van der Waals surface area contributed by atoms with Crippen LogP contribution in [-0.2, 0) is 15.9 Å². The lowest BCUT2D eigenvalue weighted by Gasteiger charge is -2.20. The molecule has 0 saturated heterocycles. The first-order valence-electron chi connectivity index (χ1n) is 7.33. The summed E-state index contributed by atoms with van der Waals surface area (Å²) in [5.41, 5.74) is 0.707. The number of hydrogen-bond acceptors (Lipinski definition) is 3.